The van der Waals surface area contributed by atoms with Crippen LogP contribution >= 0.6 is 11.8 Å². The van der Waals surface area contributed by atoms with Crippen LogP contribution in [0.15, 0.2) is 35.1 Å². The Morgan fingerprint density at radius 1 is 1.50 bits per heavy atom. The zero-order valence-electron chi connectivity index (χ0n) is 13.6. The van der Waals surface area contributed by atoms with Gasteiger partial charge in [0.05, 0.1) is 35.5 Å². The second-order valence-corrected chi connectivity index (χ2v) is 7.46. The molecule has 2 unspecified atom stereocenters. The van der Waals surface area contributed by atoms with Gasteiger partial charge in [0.15, 0.2) is 18.9 Å². The summed E-state index contributed by atoms with van der Waals surface area (Å²) in [5.74, 6) is -1.45. The highest BCUT2D eigenvalue weighted by atomic mass is 32.2. The molecule has 3 rings (SSSR count). The van der Waals surface area contributed by atoms with Crippen LogP contribution in [-0.2, 0) is 16.1 Å². The number of β-lactam (4-membered cyclic amide) rings is 1. The molecule has 1 N–H and O–H groups in total. The molecule has 0 spiro atoms. The molecule has 1 saturated heterocycles. The van der Waals surface area contributed by atoms with Gasteiger partial charge in [-0.2, -0.15) is 0 Å². The lowest BCUT2D eigenvalue weighted by Crippen LogP contribution is -2.62. The molecule has 0 aromatic carbocycles. The van der Waals surface area contributed by atoms with Crippen LogP contribution in [0, 0.1) is 12.8 Å². The monoisotopic (exact) mass is 348 g/mol. The number of carboxylic acid groups (broad SMARTS) is 1. The number of amides is 1. The van der Waals surface area contributed by atoms with E-state index in [1.165, 1.54) is 22.2 Å². The Hall–Kier alpha value is -1.86. The van der Waals surface area contributed by atoms with E-state index in [4.69, 9.17) is 0 Å². The Morgan fingerprint density at radius 3 is 2.75 bits per heavy atom. The van der Waals surface area contributed by atoms with Crippen molar-refractivity contribution in [1.82, 2.24) is 4.90 Å². The summed E-state index contributed by atoms with van der Waals surface area (Å²) in [6.07, 6.45) is 3.68. The molecule has 0 bridgehead atoms. The van der Waals surface area contributed by atoms with E-state index in [1.807, 2.05) is 36.0 Å². The van der Waals surface area contributed by atoms with Crippen molar-refractivity contribution >= 4 is 23.6 Å². The van der Waals surface area contributed by atoms with Crippen molar-refractivity contribution in [3.8, 4) is 0 Å². The van der Waals surface area contributed by atoms with E-state index < -0.39 is 18.0 Å². The zero-order valence-corrected chi connectivity index (χ0v) is 14.5. The van der Waals surface area contributed by atoms with Crippen LogP contribution in [0.2, 0.25) is 0 Å². The number of thioether (sulfide) groups is 1. The summed E-state index contributed by atoms with van der Waals surface area (Å²) in [4.78, 5) is 25.5. The van der Waals surface area contributed by atoms with Gasteiger partial charge < -0.3 is 19.9 Å². The Labute approximate surface area is 144 Å². The number of aryl methyl sites for hydroxylation is 2. The second-order valence-electron chi connectivity index (χ2n) is 6.27. The highest BCUT2D eigenvalue weighted by Gasteiger charge is 2.55. The van der Waals surface area contributed by atoms with E-state index in [1.54, 1.807) is 6.92 Å². The van der Waals surface area contributed by atoms with Crippen LogP contribution in [0.4, 0.5) is 0 Å². The SMILES string of the molecule is Cc1cc[n+](CCSC2=C(C(=O)[O-])N3C(=O)C([C@@H](C)O)C3C2)cc1. The van der Waals surface area contributed by atoms with Crippen molar-refractivity contribution in [3.63, 3.8) is 0 Å². The van der Waals surface area contributed by atoms with Crippen molar-refractivity contribution < 1.29 is 24.4 Å². The van der Waals surface area contributed by atoms with Gasteiger partial charge in [0, 0.05) is 23.5 Å². The number of nitrogens with zero attached hydrogens (tertiary/aromatic N) is 2. The summed E-state index contributed by atoms with van der Waals surface area (Å²) >= 11 is 1.45. The first kappa shape index (κ1) is 17.0. The Kier molecular flexibility index (Phi) is 4.64. The number of pyridine rings is 1. The van der Waals surface area contributed by atoms with Gasteiger partial charge in [0.2, 0.25) is 5.91 Å². The number of aliphatic hydroxyl groups is 1. The fourth-order valence-corrected chi connectivity index (χ4v) is 4.46. The fraction of sp³-hybridized carbons (Fsp3) is 0.471. The van der Waals surface area contributed by atoms with Gasteiger partial charge in [-0.25, -0.2) is 4.57 Å². The smallest absolute Gasteiger partial charge is 0.235 e. The predicted octanol–water partition coefficient (Wildman–Crippen LogP) is -0.411. The van der Waals surface area contributed by atoms with Crippen molar-refractivity contribution in [2.75, 3.05) is 5.75 Å². The average molecular weight is 348 g/mol. The molecule has 24 heavy (non-hydrogen) atoms. The lowest BCUT2D eigenvalue weighted by Gasteiger charge is -2.45. The molecule has 0 saturated carbocycles. The first-order chi connectivity index (χ1) is 11.4. The molecule has 3 heterocycles. The van der Waals surface area contributed by atoms with Crippen molar-refractivity contribution in [1.29, 1.82) is 0 Å². The molecule has 1 fully saturated rings. The molecule has 6 nitrogen and oxygen atoms in total. The zero-order chi connectivity index (χ0) is 17.4. The summed E-state index contributed by atoms with van der Waals surface area (Å²) in [5, 5.41) is 21.2. The number of aliphatic hydroxyl groups excluding tert-OH is 1. The van der Waals surface area contributed by atoms with E-state index >= 15 is 0 Å². The molecule has 128 valence electrons. The molecule has 2 aliphatic rings. The van der Waals surface area contributed by atoms with E-state index in [9.17, 15) is 19.8 Å². The summed E-state index contributed by atoms with van der Waals surface area (Å²) < 4.78 is 2.03. The summed E-state index contributed by atoms with van der Waals surface area (Å²) in [6.45, 7) is 4.33. The van der Waals surface area contributed by atoms with Gasteiger partial charge in [0.25, 0.3) is 0 Å². The molecule has 7 heteroatoms. The summed E-state index contributed by atoms with van der Waals surface area (Å²) in [7, 11) is 0. The van der Waals surface area contributed by atoms with Crippen LogP contribution < -0.4 is 9.67 Å². The Morgan fingerprint density at radius 2 is 2.17 bits per heavy atom. The quantitative estimate of drug-likeness (QED) is 0.558. The maximum Gasteiger partial charge on any atom is 0.235 e. The van der Waals surface area contributed by atoms with Gasteiger partial charge in [-0.15, -0.1) is 11.8 Å². The largest absolute Gasteiger partial charge is 0.543 e. The number of hydrogen-bond acceptors (Lipinski definition) is 5. The Balaban J connectivity index is 1.67. The third-order valence-corrected chi connectivity index (χ3v) is 5.66. The van der Waals surface area contributed by atoms with Crippen LogP contribution in [0.5, 0.6) is 0 Å². The molecule has 1 aromatic rings. The number of rotatable bonds is 6. The topological polar surface area (TPSA) is 84.5 Å². The predicted molar refractivity (Wildman–Crippen MR) is 86.3 cm³/mol. The number of carbonyl (C=O) groups is 2. The molecular weight excluding hydrogens is 328 g/mol. The van der Waals surface area contributed by atoms with E-state index in [-0.39, 0.29) is 17.6 Å². The molecule has 0 aliphatic carbocycles. The number of hydrogen-bond donors (Lipinski definition) is 1. The normalized spacial score (nSPS) is 24.0. The molecule has 3 atom stereocenters. The highest BCUT2D eigenvalue weighted by Crippen LogP contribution is 2.46. The minimum Gasteiger partial charge on any atom is -0.543 e. The van der Waals surface area contributed by atoms with Gasteiger partial charge in [-0.1, -0.05) is 0 Å². The van der Waals surface area contributed by atoms with E-state index in [0.29, 0.717) is 17.1 Å². The average Bonchev–Trinajstić information content (AvgIpc) is 2.83. The number of aliphatic carboxylic acids is 1. The minimum absolute atomic E-state index is 0.0131. The van der Waals surface area contributed by atoms with Crippen molar-refractivity contribution in [2.45, 2.75) is 39.0 Å². The van der Waals surface area contributed by atoms with Gasteiger partial charge in [-0.3, -0.25) is 4.79 Å². The van der Waals surface area contributed by atoms with Crippen molar-refractivity contribution in [3.05, 3.63) is 40.7 Å². The molecule has 1 amide bonds. The highest BCUT2D eigenvalue weighted by molar-refractivity contribution is 8.03. The number of fused-ring (bicyclic) bond motifs is 1. The van der Waals surface area contributed by atoms with E-state index in [0.717, 1.165) is 6.54 Å². The molecule has 0 radical (unpaired) electrons. The van der Waals surface area contributed by atoms with E-state index in [2.05, 4.69) is 0 Å². The number of carboxylic acids is 1. The minimum atomic E-state index is -1.32. The molecule has 2 aliphatic heterocycles. The molecular formula is C17H20N2O4S. The third-order valence-electron chi connectivity index (χ3n) is 4.56. The van der Waals surface area contributed by atoms with Crippen LogP contribution in [0.25, 0.3) is 0 Å². The first-order valence-corrected chi connectivity index (χ1v) is 8.93. The van der Waals surface area contributed by atoms with Crippen LogP contribution in [-0.4, -0.2) is 39.8 Å². The maximum atomic E-state index is 12.1. The summed E-state index contributed by atoms with van der Waals surface area (Å²) in [6, 6.07) is 3.79. The fourth-order valence-electron chi connectivity index (χ4n) is 3.30. The third kappa shape index (κ3) is 2.93. The Bertz CT molecular complexity index is 699. The molecule has 1 aromatic heterocycles. The van der Waals surface area contributed by atoms with Gasteiger partial charge in [-0.05, 0) is 19.4 Å². The maximum absolute atomic E-state index is 12.1. The van der Waals surface area contributed by atoms with Crippen LogP contribution in [0.3, 0.4) is 0 Å². The van der Waals surface area contributed by atoms with Crippen molar-refractivity contribution in [2.24, 2.45) is 5.92 Å². The number of carbonyl (C=O) groups excluding carboxylic acids is 2. The van der Waals surface area contributed by atoms with Gasteiger partial charge >= 0.3 is 0 Å². The standard InChI is InChI=1S/C17H20N2O4S/c1-10-3-5-18(6-4-10)7-8-24-13-9-12-14(11(2)20)16(21)19(12)15(13)17(22)23/h3-6,11-12,14,20H,7-9H2,1-2H3/t11-,12?,14?/m1/s1. The second kappa shape index (κ2) is 6.57. The van der Waals surface area contributed by atoms with Gasteiger partial charge in [0.1, 0.15) is 0 Å². The lowest BCUT2D eigenvalue weighted by atomic mass is 9.83. The van der Waals surface area contributed by atoms with Crippen LogP contribution in [0.1, 0.15) is 18.9 Å². The first-order valence-electron chi connectivity index (χ1n) is 7.94. The lowest BCUT2D eigenvalue weighted by molar-refractivity contribution is -0.692. The number of aromatic nitrogens is 1. The summed E-state index contributed by atoms with van der Waals surface area (Å²) in [5.41, 5.74) is 1.17.